The molecule has 3 nitrogen and oxygen atoms in total. The Balaban J connectivity index is 4.06. The summed E-state index contributed by atoms with van der Waals surface area (Å²) in [5, 5.41) is 8.67. The number of ether oxygens (including phenoxy) is 1. The Morgan fingerprint density at radius 3 is 2.60 bits per heavy atom. The van der Waals surface area contributed by atoms with Crippen LogP contribution in [-0.4, -0.2) is 23.3 Å². The van der Waals surface area contributed by atoms with Crippen LogP contribution in [0.4, 0.5) is 0 Å². The van der Waals surface area contributed by atoms with Gasteiger partial charge in [-0.05, 0) is 32.6 Å². The molecule has 3 heteroatoms. The maximum atomic E-state index is 11.1. The minimum Gasteiger partial charge on any atom is -0.456 e. The van der Waals surface area contributed by atoms with E-state index in [9.17, 15) is 4.79 Å². The SMILES string of the molecule is C=CC(=O)OC(C)(C)C(C)CCCCO. The Morgan fingerprint density at radius 2 is 2.13 bits per heavy atom. The monoisotopic (exact) mass is 214 g/mol. The topological polar surface area (TPSA) is 46.5 Å². The van der Waals surface area contributed by atoms with Gasteiger partial charge in [0.2, 0.25) is 0 Å². The van der Waals surface area contributed by atoms with Crippen molar-refractivity contribution in [1.29, 1.82) is 0 Å². The van der Waals surface area contributed by atoms with Gasteiger partial charge in [-0.2, -0.15) is 0 Å². The second-order valence-corrected chi connectivity index (χ2v) is 4.35. The fourth-order valence-electron chi connectivity index (χ4n) is 1.31. The predicted octanol–water partition coefficient (Wildman–Crippen LogP) is 2.29. The van der Waals surface area contributed by atoms with E-state index >= 15 is 0 Å². The van der Waals surface area contributed by atoms with E-state index in [0.29, 0.717) is 0 Å². The molecule has 1 unspecified atom stereocenters. The van der Waals surface area contributed by atoms with Gasteiger partial charge in [-0.1, -0.05) is 19.9 Å². The molecule has 88 valence electrons. The van der Waals surface area contributed by atoms with Crippen LogP contribution in [0.15, 0.2) is 12.7 Å². The highest BCUT2D eigenvalue weighted by Crippen LogP contribution is 2.25. The van der Waals surface area contributed by atoms with Gasteiger partial charge in [0.25, 0.3) is 0 Å². The van der Waals surface area contributed by atoms with Crippen LogP contribution in [-0.2, 0) is 9.53 Å². The third-order valence-electron chi connectivity index (χ3n) is 2.76. The lowest BCUT2D eigenvalue weighted by atomic mass is 9.88. The average Bonchev–Trinajstić information content (AvgIpc) is 2.17. The molecule has 0 saturated heterocycles. The third kappa shape index (κ3) is 5.57. The van der Waals surface area contributed by atoms with E-state index in [-0.39, 0.29) is 18.5 Å². The van der Waals surface area contributed by atoms with E-state index < -0.39 is 5.60 Å². The van der Waals surface area contributed by atoms with Crippen molar-refractivity contribution < 1.29 is 14.6 Å². The third-order valence-corrected chi connectivity index (χ3v) is 2.76. The minimum atomic E-state index is -0.471. The van der Waals surface area contributed by atoms with Crippen LogP contribution in [0.1, 0.15) is 40.0 Å². The van der Waals surface area contributed by atoms with Crippen molar-refractivity contribution in [3.8, 4) is 0 Å². The van der Waals surface area contributed by atoms with E-state index in [2.05, 4.69) is 6.58 Å². The number of carbonyl (C=O) groups excluding carboxylic acids is 1. The number of carbonyl (C=O) groups is 1. The quantitative estimate of drug-likeness (QED) is 0.402. The first kappa shape index (κ1) is 14.2. The number of aliphatic hydroxyl groups excluding tert-OH is 1. The van der Waals surface area contributed by atoms with Gasteiger partial charge in [0.05, 0.1) is 0 Å². The Bertz CT molecular complexity index is 209. The van der Waals surface area contributed by atoms with Gasteiger partial charge in [0.15, 0.2) is 0 Å². The predicted molar refractivity (Wildman–Crippen MR) is 60.5 cm³/mol. The molecular weight excluding hydrogens is 192 g/mol. The van der Waals surface area contributed by atoms with Crippen LogP contribution >= 0.6 is 0 Å². The van der Waals surface area contributed by atoms with E-state index in [4.69, 9.17) is 9.84 Å². The van der Waals surface area contributed by atoms with E-state index in [1.165, 1.54) is 6.08 Å². The fraction of sp³-hybridized carbons (Fsp3) is 0.750. The average molecular weight is 214 g/mol. The lowest BCUT2D eigenvalue weighted by Crippen LogP contribution is -2.34. The standard InChI is InChI=1S/C12H22O3/c1-5-11(14)15-12(3,4)10(2)8-6-7-9-13/h5,10,13H,1,6-9H2,2-4H3. The molecule has 15 heavy (non-hydrogen) atoms. The summed E-state index contributed by atoms with van der Waals surface area (Å²) in [5.74, 6) is -0.109. The van der Waals surface area contributed by atoms with Crippen molar-refractivity contribution in [2.24, 2.45) is 5.92 Å². The number of aliphatic hydroxyl groups is 1. The lowest BCUT2D eigenvalue weighted by molar-refractivity contribution is -0.155. The molecule has 0 amide bonds. The van der Waals surface area contributed by atoms with Crippen molar-refractivity contribution in [1.82, 2.24) is 0 Å². The lowest BCUT2D eigenvalue weighted by Gasteiger charge is -2.31. The maximum Gasteiger partial charge on any atom is 0.330 e. The van der Waals surface area contributed by atoms with E-state index in [1.807, 2.05) is 20.8 Å². The molecule has 0 aliphatic carbocycles. The molecule has 0 aliphatic rings. The summed E-state index contributed by atoms with van der Waals surface area (Å²) in [7, 11) is 0. The zero-order valence-electron chi connectivity index (χ0n) is 9.95. The smallest absolute Gasteiger partial charge is 0.330 e. The van der Waals surface area contributed by atoms with Gasteiger partial charge in [0.1, 0.15) is 5.60 Å². The molecule has 0 bridgehead atoms. The zero-order chi connectivity index (χ0) is 11.9. The van der Waals surface area contributed by atoms with Crippen LogP contribution in [0, 0.1) is 5.92 Å². The zero-order valence-corrected chi connectivity index (χ0v) is 9.95. The number of hydrogen-bond donors (Lipinski definition) is 1. The molecule has 0 rings (SSSR count). The van der Waals surface area contributed by atoms with Crippen LogP contribution in [0.5, 0.6) is 0 Å². The van der Waals surface area contributed by atoms with Crippen LogP contribution in [0.2, 0.25) is 0 Å². The van der Waals surface area contributed by atoms with Crippen LogP contribution < -0.4 is 0 Å². The minimum absolute atomic E-state index is 0.222. The highest BCUT2D eigenvalue weighted by atomic mass is 16.6. The van der Waals surface area contributed by atoms with Gasteiger partial charge in [-0.15, -0.1) is 0 Å². The molecule has 0 aliphatic heterocycles. The first-order valence-electron chi connectivity index (χ1n) is 5.40. The fourth-order valence-corrected chi connectivity index (χ4v) is 1.31. The van der Waals surface area contributed by atoms with E-state index in [0.717, 1.165) is 19.3 Å². The molecule has 0 aromatic rings. The van der Waals surface area contributed by atoms with Crippen molar-refractivity contribution in [3.05, 3.63) is 12.7 Å². The highest BCUT2D eigenvalue weighted by molar-refractivity contribution is 5.81. The van der Waals surface area contributed by atoms with Gasteiger partial charge in [-0.3, -0.25) is 0 Å². The Kier molecular flexibility index (Phi) is 6.25. The van der Waals surface area contributed by atoms with E-state index in [1.54, 1.807) is 0 Å². The van der Waals surface area contributed by atoms with Gasteiger partial charge < -0.3 is 9.84 Å². The summed E-state index contributed by atoms with van der Waals surface area (Å²) in [6.45, 7) is 9.44. The van der Waals surface area contributed by atoms with Crippen molar-refractivity contribution in [2.75, 3.05) is 6.61 Å². The molecule has 1 N–H and O–H groups in total. The molecule has 0 saturated carbocycles. The summed E-state index contributed by atoms with van der Waals surface area (Å²) < 4.78 is 5.26. The van der Waals surface area contributed by atoms with Crippen molar-refractivity contribution in [2.45, 2.75) is 45.6 Å². The first-order chi connectivity index (χ1) is 6.94. The second kappa shape index (κ2) is 6.62. The van der Waals surface area contributed by atoms with Gasteiger partial charge in [-0.25, -0.2) is 4.79 Å². The summed E-state index contributed by atoms with van der Waals surface area (Å²) in [4.78, 5) is 11.1. The molecule has 0 radical (unpaired) electrons. The van der Waals surface area contributed by atoms with Gasteiger partial charge in [0, 0.05) is 12.7 Å². The van der Waals surface area contributed by atoms with Crippen molar-refractivity contribution >= 4 is 5.97 Å². The molecule has 0 aromatic heterocycles. The largest absolute Gasteiger partial charge is 0.456 e. The van der Waals surface area contributed by atoms with Crippen LogP contribution in [0.25, 0.3) is 0 Å². The Morgan fingerprint density at radius 1 is 1.53 bits per heavy atom. The Labute approximate surface area is 92.1 Å². The van der Waals surface area contributed by atoms with Gasteiger partial charge >= 0.3 is 5.97 Å². The highest BCUT2D eigenvalue weighted by Gasteiger charge is 2.28. The molecule has 0 spiro atoms. The molecular formula is C12H22O3. The molecule has 0 fully saturated rings. The normalized spacial score (nSPS) is 13.3. The summed E-state index contributed by atoms with van der Waals surface area (Å²) in [6.07, 6.45) is 3.88. The summed E-state index contributed by atoms with van der Waals surface area (Å²) >= 11 is 0. The second-order valence-electron chi connectivity index (χ2n) is 4.35. The van der Waals surface area contributed by atoms with Crippen LogP contribution in [0.3, 0.4) is 0 Å². The number of rotatable bonds is 7. The number of esters is 1. The summed E-state index contributed by atoms with van der Waals surface area (Å²) in [5.41, 5.74) is -0.471. The maximum absolute atomic E-state index is 11.1. The molecule has 1 atom stereocenters. The number of hydrogen-bond acceptors (Lipinski definition) is 3. The van der Waals surface area contributed by atoms with Crippen molar-refractivity contribution in [3.63, 3.8) is 0 Å². The first-order valence-corrected chi connectivity index (χ1v) is 5.40. The summed E-state index contributed by atoms with van der Waals surface area (Å²) in [6, 6.07) is 0. The Hall–Kier alpha value is -0.830. The molecule has 0 aromatic carbocycles. The number of unbranched alkanes of at least 4 members (excludes halogenated alkanes) is 1. The molecule has 0 heterocycles.